The summed E-state index contributed by atoms with van der Waals surface area (Å²) in [6, 6.07) is 12.8. The van der Waals surface area contributed by atoms with E-state index in [2.05, 4.69) is 0 Å². The third kappa shape index (κ3) is 4.26. The highest BCUT2D eigenvalue weighted by atomic mass is 16.5. The zero-order valence-electron chi connectivity index (χ0n) is 13.1. The number of nitrogens with two attached hydrogens (primary N) is 1. The Kier molecular flexibility index (Phi) is 5.63. The second-order valence-electron chi connectivity index (χ2n) is 4.71. The number of ether oxygens (including phenoxy) is 3. The van der Waals surface area contributed by atoms with Crippen LogP contribution in [0.25, 0.3) is 6.08 Å². The first-order chi connectivity index (χ1) is 11.2. The third-order valence-corrected chi connectivity index (χ3v) is 3.20. The van der Waals surface area contributed by atoms with Gasteiger partial charge < -0.3 is 19.9 Å². The summed E-state index contributed by atoms with van der Waals surface area (Å²) in [4.78, 5) is 12.1. The van der Waals surface area contributed by atoms with Crippen molar-refractivity contribution in [2.45, 2.75) is 0 Å². The maximum absolute atomic E-state index is 12.1. The van der Waals surface area contributed by atoms with Crippen LogP contribution >= 0.6 is 0 Å². The number of carbonyl (C=O) groups is 1. The first-order valence-corrected chi connectivity index (χ1v) is 7.06. The second-order valence-corrected chi connectivity index (χ2v) is 4.71. The zero-order valence-corrected chi connectivity index (χ0v) is 13.1. The van der Waals surface area contributed by atoms with Crippen LogP contribution in [-0.2, 0) is 4.74 Å². The molecule has 0 aliphatic rings. The number of benzene rings is 2. The van der Waals surface area contributed by atoms with E-state index in [1.807, 2.05) is 36.4 Å². The summed E-state index contributed by atoms with van der Waals surface area (Å²) >= 11 is 0. The quantitative estimate of drug-likeness (QED) is 0.655. The summed E-state index contributed by atoms with van der Waals surface area (Å²) in [7, 11) is 3.00. The van der Waals surface area contributed by atoms with Crippen molar-refractivity contribution in [3.8, 4) is 11.5 Å². The van der Waals surface area contributed by atoms with Crippen molar-refractivity contribution in [2.24, 2.45) is 0 Å². The number of hydrogen-bond acceptors (Lipinski definition) is 5. The van der Waals surface area contributed by atoms with Crippen molar-refractivity contribution in [1.82, 2.24) is 0 Å². The lowest BCUT2D eigenvalue weighted by molar-refractivity contribution is 0.0551. The standard InChI is InChI=1S/C18H19NO4/c1-21-16-11-14(15(19)12-17(16)22-2)18(20)23-10-6-9-13-7-4-3-5-8-13/h3-9,11-12H,10,19H2,1-2H3/b9-6+. The van der Waals surface area contributed by atoms with Gasteiger partial charge in [-0.25, -0.2) is 4.79 Å². The minimum atomic E-state index is -0.513. The molecule has 5 nitrogen and oxygen atoms in total. The van der Waals surface area contributed by atoms with Gasteiger partial charge in [0.25, 0.3) is 0 Å². The van der Waals surface area contributed by atoms with Crippen LogP contribution < -0.4 is 15.2 Å². The van der Waals surface area contributed by atoms with Crippen molar-refractivity contribution < 1.29 is 19.0 Å². The fourth-order valence-corrected chi connectivity index (χ4v) is 2.02. The van der Waals surface area contributed by atoms with Crippen LogP contribution in [0.5, 0.6) is 11.5 Å². The number of rotatable bonds is 6. The normalized spacial score (nSPS) is 10.5. The Labute approximate surface area is 135 Å². The van der Waals surface area contributed by atoms with Crippen LogP contribution in [0, 0.1) is 0 Å². The molecule has 0 aromatic heterocycles. The van der Waals surface area contributed by atoms with Crippen LogP contribution in [0.2, 0.25) is 0 Å². The van der Waals surface area contributed by atoms with Gasteiger partial charge in [-0.15, -0.1) is 0 Å². The number of nitrogen functional groups attached to an aromatic ring is 1. The summed E-state index contributed by atoms with van der Waals surface area (Å²) in [5, 5.41) is 0. The number of esters is 1. The fraction of sp³-hybridized carbons (Fsp3) is 0.167. The summed E-state index contributed by atoms with van der Waals surface area (Å²) in [6.07, 6.45) is 3.65. The molecule has 0 spiro atoms. The zero-order chi connectivity index (χ0) is 16.7. The molecule has 2 aromatic carbocycles. The monoisotopic (exact) mass is 313 g/mol. The Morgan fingerprint density at radius 2 is 1.74 bits per heavy atom. The van der Waals surface area contributed by atoms with Crippen molar-refractivity contribution in [3.63, 3.8) is 0 Å². The van der Waals surface area contributed by atoms with E-state index >= 15 is 0 Å². The van der Waals surface area contributed by atoms with E-state index in [0.717, 1.165) is 5.56 Å². The summed E-state index contributed by atoms with van der Waals surface area (Å²) in [5.74, 6) is 0.375. The van der Waals surface area contributed by atoms with Crippen molar-refractivity contribution in [2.75, 3.05) is 26.6 Å². The van der Waals surface area contributed by atoms with E-state index in [9.17, 15) is 4.79 Å². The molecule has 2 N–H and O–H groups in total. The van der Waals surface area contributed by atoms with Gasteiger partial charge in [0.1, 0.15) is 6.61 Å². The smallest absolute Gasteiger partial charge is 0.340 e. The average molecular weight is 313 g/mol. The highest BCUT2D eigenvalue weighted by Gasteiger charge is 2.16. The van der Waals surface area contributed by atoms with Gasteiger partial charge in [0.2, 0.25) is 0 Å². The van der Waals surface area contributed by atoms with Crippen LogP contribution in [0.3, 0.4) is 0 Å². The summed E-state index contributed by atoms with van der Waals surface area (Å²) in [6.45, 7) is 0.154. The van der Waals surface area contributed by atoms with Crippen molar-refractivity contribution in [1.29, 1.82) is 0 Å². The molecule has 0 aliphatic carbocycles. The maximum Gasteiger partial charge on any atom is 0.340 e. The van der Waals surface area contributed by atoms with E-state index < -0.39 is 5.97 Å². The molecule has 0 saturated carbocycles. The van der Waals surface area contributed by atoms with Gasteiger partial charge in [-0.2, -0.15) is 0 Å². The molecule has 0 bridgehead atoms. The molecule has 0 aliphatic heterocycles. The topological polar surface area (TPSA) is 70.8 Å². The summed E-state index contributed by atoms with van der Waals surface area (Å²) < 4.78 is 15.5. The lowest BCUT2D eigenvalue weighted by atomic mass is 10.1. The molecule has 2 rings (SSSR count). The van der Waals surface area contributed by atoms with E-state index in [4.69, 9.17) is 19.9 Å². The largest absolute Gasteiger partial charge is 0.493 e. The van der Waals surface area contributed by atoms with Gasteiger partial charge in [0.05, 0.1) is 25.5 Å². The Balaban J connectivity index is 2.02. The van der Waals surface area contributed by atoms with Crippen molar-refractivity contribution in [3.05, 3.63) is 59.7 Å². The minimum Gasteiger partial charge on any atom is -0.493 e. The molecule has 0 fully saturated rings. The SMILES string of the molecule is COc1cc(N)c(C(=O)OC/C=C/c2ccccc2)cc1OC. The summed E-state index contributed by atoms with van der Waals surface area (Å²) in [5.41, 5.74) is 7.42. The third-order valence-electron chi connectivity index (χ3n) is 3.20. The molecule has 0 atom stereocenters. The molecule has 0 saturated heterocycles. The molecule has 5 heteroatoms. The number of anilines is 1. The minimum absolute atomic E-state index is 0.154. The van der Waals surface area contributed by atoms with Gasteiger partial charge in [0.15, 0.2) is 11.5 Å². The van der Waals surface area contributed by atoms with E-state index in [1.54, 1.807) is 6.08 Å². The Morgan fingerprint density at radius 1 is 1.09 bits per heavy atom. The second kappa shape index (κ2) is 7.89. The predicted octanol–water partition coefficient (Wildman–Crippen LogP) is 3.16. The number of hydrogen-bond donors (Lipinski definition) is 1. The molecular weight excluding hydrogens is 294 g/mol. The lowest BCUT2D eigenvalue weighted by Gasteiger charge is -2.11. The number of methoxy groups -OCH3 is 2. The molecule has 23 heavy (non-hydrogen) atoms. The van der Waals surface area contributed by atoms with Gasteiger partial charge in [-0.1, -0.05) is 36.4 Å². The van der Waals surface area contributed by atoms with Crippen LogP contribution in [0.1, 0.15) is 15.9 Å². The van der Waals surface area contributed by atoms with Gasteiger partial charge >= 0.3 is 5.97 Å². The van der Waals surface area contributed by atoms with E-state index in [-0.39, 0.29) is 17.9 Å². The van der Waals surface area contributed by atoms with Gasteiger partial charge in [0, 0.05) is 12.1 Å². The molecule has 2 aromatic rings. The molecule has 0 heterocycles. The molecular formula is C18H19NO4. The molecule has 0 amide bonds. The van der Waals surface area contributed by atoms with E-state index in [1.165, 1.54) is 26.4 Å². The predicted molar refractivity (Wildman–Crippen MR) is 89.7 cm³/mol. The van der Waals surface area contributed by atoms with Crippen LogP contribution in [0.4, 0.5) is 5.69 Å². The average Bonchev–Trinajstić information content (AvgIpc) is 2.59. The highest BCUT2D eigenvalue weighted by molar-refractivity contribution is 5.96. The van der Waals surface area contributed by atoms with Gasteiger partial charge in [-0.05, 0) is 11.6 Å². The molecule has 120 valence electrons. The maximum atomic E-state index is 12.1. The Hall–Kier alpha value is -2.95. The van der Waals surface area contributed by atoms with Crippen LogP contribution in [0.15, 0.2) is 48.5 Å². The Morgan fingerprint density at radius 3 is 2.39 bits per heavy atom. The molecule has 0 radical (unpaired) electrons. The van der Waals surface area contributed by atoms with Crippen LogP contribution in [-0.4, -0.2) is 26.8 Å². The Bertz CT molecular complexity index is 696. The fourth-order valence-electron chi connectivity index (χ4n) is 2.02. The molecule has 0 unspecified atom stereocenters. The van der Waals surface area contributed by atoms with Gasteiger partial charge in [-0.3, -0.25) is 0 Å². The highest BCUT2D eigenvalue weighted by Crippen LogP contribution is 2.32. The number of carbonyl (C=O) groups excluding carboxylic acids is 1. The lowest BCUT2D eigenvalue weighted by Crippen LogP contribution is -2.09. The first-order valence-electron chi connectivity index (χ1n) is 7.06. The first kappa shape index (κ1) is 16.4. The van der Waals surface area contributed by atoms with E-state index in [0.29, 0.717) is 11.5 Å². The van der Waals surface area contributed by atoms with Crippen molar-refractivity contribution >= 4 is 17.7 Å².